The van der Waals surface area contributed by atoms with Gasteiger partial charge in [-0.3, -0.25) is 4.57 Å². The molecule has 0 saturated heterocycles. The van der Waals surface area contributed by atoms with Gasteiger partial charge in [-0.15, -0.1) is 5.10 Å². The molecule has 0 atom stereocenters. The zero-order valence-corrected chi connectivity index (χ0v) is 22.8. The number of imidazole rings is 1. The van der Waals surface area contributed by atoms with Crippen molar-refractivity contribution in [1.82, 2.24) is 24.5 Å². The number of aromatic nitrogens is 5. The topological polar surface area (TPSA) is 57.8 Å². The predicted molar refractivity (Wildman–Crippen MR) is 166 cm³/mol. The first kappa shape index (κ1) is 25.2. The largest absolute Gasteiger partial charge is 0.487 e. The third-order valence-electron chi connectivity index (χ3n) is 7.05. The summed E-state index contributed by atoms with van der Waals surface area (Å²) in [5, 5.41) is 8.49. The summed E-state index contributed by atoms with van der Waals surface area (Å²) in [4.78, 5) is 5.26. The fourth-order valence-electron chi connectivity index (χ4n) is 5.03. The zero-order valence-electron chi connectivity index (χ0n) is 22.8. The van der Waals surface area contributed by atoms with Gasteiger partial charge in [0.25, 0.3) is 0 Å². The van der Waals surface area contributed by atoms with E-state index < -0.39 is 0 Å². The molecule has 2 heterocycles. The molecule has 0 saturated carbocycles. The lowest BCUT2D eigenvalue weighted by molar-refractivity contribution is 0.301. The lowest BCUT2D eigenvalue weighted by atomic mass is 10.0. The van der Waals surface area contributed by atoms with E-state index in [1.165, 1.54) is 0 Å². The first-order chi connectivity index (χ1) is 20.8. The van der Waals surface area contributed by atoms with Gasteiger partial charge in [0, 0.05) is 22.4 Å². The van der Waals surface area contributed by atoms with Gasteiger partial charge in [0.1, 0.15) is 23.9 Å². The van der Waals surface area contributed by atoms with Gasteiger partial charge in [-0.2, -0.15) is 0 Å². The van der Waals surface area contributed by atoms with Crippen LogP contribution in [0.1, 0.15) is 5.69 Å². The van der Waals surface area contributed by atoms with E-state index in [-0.39, 0.29) is 0 Å². The second kappa shape index (κ2) is 11.4. The molecule has 0 aliphatic carbocycles. The van der Waals surface area contributed by atoms with E-state index >= 15 is 0 Å². The van der Waals surface area contributed by atoms with Gasteiger partial charge >= 0.3 is 0 Å². The summed E-state index contributed by atoms with van der Waals surface area (Å²) in [6, 6.07) is 49.2. The van der Waals surface area contributed by atoms with Crippen molar-refractivity contribution < 1.29 is 4.74 Å². The molecule has 5 aromatic carbocycles. The van der Waals surface area contributed by atoms with E-state index in [0.29, 0.717) is 6.61 Å². The molecule has 0 fully saturated rings. The molecule has 6 nitrogen and oxygen atoms in total. The molecule has 0 N–H and O–H groups in total. The Kier molecular flexibility index (Phi) is 6.84. The number of hydrogen-bond donors (Lipinski definition) is 0. The highest BCUT2D eigenvalue weighted by Crippen LogP contribution is 2.38. The maximum atomic E-state index is 6.07. The summed E-state index contributed by atoms with van der Waals surface area (Å²) in [5.41, 5.74) is 7.89. The Morgan fingerprint density at radius 2 is 1.12 bits per heavy atom. The Morgan fingerprint density at radius 1 is 0.548 bits per heavy atom. The van der Waals surface area contributed by atoms with Crippen LogP contribution in [0.2, 0.25) is 0 Å². The van der Waals surface area contributed by atoms with Crippen molar-refractivity contribution in [2.24, 2.45) is 0 Å². The van der Waals surface area contributed by atoms with Crippen LogP contribution < -0.4 is 4.74 Å². The lowest BCUT2D eigenvalue weighted by Gasteiger charge is -2.14. The zero-order chi connectivity index (χ0) is 28.1. The Hall–Kier alpha value is -5.75. The quantitative estimate of drug-likeness (QED) is 0.194. The molecule has 0 bridgehead atoms. The van der Waals surface area contributed by atoms with Gasteiger partial charge in [0.05, 0.1) is 23.3 Å². The maximum Gasteiger partial charge on any atom is 0.145 e. The van der Waals surface area contributed by atoms with Crippen LogP contribution in [0.15, 0.2) is 152 Å². The number of rotatable bonds is 8. The van der Waals surface area contributed by atoms with Gasteiger partial charge < -0.3 is 4.74 Å². The van der Waals surface area contributed by atoms with Gasteiger partial charge in [0.2, 0.25) is 0 Å². The fraction of sp³-hybridized carbons (Fsp3) is 0.0278. The van der Waals surface area contributed by atoms with E-state index in [1.807, 2.05) is 66.9 Å². The molecule has 2 aromatic heterocycles. The maximum absolute atomic E-state index is 6.07. The van der Waals surface area contributed by atoms with Crippen LogP contribution in [0, 0.1) is 0 Å². The van der Waals surface area contributed by atoms with Crippen LogP contribution in [0.25, 0.3) is 45.3 Å². The molecule has 0 aliphatic heterocycles. The Balaban J connectivity index is 1.24. The first-order valence-corrected chi connectivity index (χ1v) is 13.8. The third kappa shape index (κ3) is 5.09. The third-order valence-corrected chi connectivity index (χ3v) is 7.05. The lowest BCUT2D eigenvalue weighted by Crippen LogP contribution is -2.00. The van der Waals surface area contributed by atoms with Crippen molar-refractivity contribution in [3.05, 3.63) is 157 Å². The van der Waals surface area contributed by atoms with E-state index in [0.717, 1.165) is 56.7 Å². The highest BCUT2D eigenvalue weighted by molar-refractivity contribution is 5.84. The van der Waals surface area contributed by atoms with Crippen LogP contribution in [0.4, 0.5) is 0 Å². The highest BCUT2D eigenvalue weighted by Gasteiger charge is 2.22. The number of benzene rings is 5. The van der Waals surface area contributed by atoms with Crippen molar-refractivity contribution in [2.75, 3.05) is 0 Å². The van der Waals surface area contributed by atoms with Crippen LogP contribution >= 0.6 is 0 Å². The van der Waals surface area contributed by atoms with Crippen LogP contribution in [0.5, 0.6) is 5.75 Å². The van der Waals surface area contributed by atoms with Gasteiger partial charge in [-0.05, 0) is 48.5 Å². The van der Waals surface area contributed by atoms with Crippen LogP contribution in [-0.4, -0.2) is 24.5 Å². The number of para-hydroxylation sites is 2. The molecule has 0 amide bonds. The van der Waals surface area contributed by atoms with E-state index in [2.05, 4.69) is 99.8 Å². The van der Waals surface area contributed by atoms with Crippen molar-refractivity contribution >= 4 is 0 Å². The Bertz CT molecular complexity index is 1900. The molecule has 6 heteroatoms. The molecule has 0 aliphatic rings. The monoisotopic (exact) mass is 545 g/mol. The molecule has 7 rings (SSSR count). The first-order valence-electron chi connectivity index (χ1n) is 13.8. The van der Waals surface area contributed by atoms with Crippen molar-refractivity contribution in [3.63, 3.8) is 0 Å². The van der Waals surface area contributed by atoms with Crippen LogP contribution in [-0.2, 0) is 6.61 Å². The summed E-state index contributed by atoms with van der Waals surface area (Å²) in [6.45, 7) is 0.321. The minimum absolute atomic E-state index is 0.321. The number of nitrogens with zero attached hydrogens (tertiary/aromatic N) is 5. The average molecular weight is 546 g/mol. The van der Waals surface area contributed by atoms with E-state index in [4.69, 9.17) is 9.72 Å². The SMILES string of the molecule is c1ccc(-c2nc(-c3ccc(OCc4cn(-c5ccccc5)nn4)cc3)n(-c3ccccc3)c2-c2ccccc2)cc1. The molecule has 42 heavy (non-hydrogen) atoms. The minimum atomic E-state index is 0.321. The predicted octanol–water partition coefficient (Wildman–Crippen LogP) is 8.03. The molecule has 0 radical (unpaired) electrons. The van der Waals surface area contributed by atoms with Gasteiger partial charge in [-0.1, -0.05) is 102 Å². The van der Waals surface area contributed by atoms with E-state index in [1.54, 1.807) is 4.68 Å². The fourth-order valence-corrected chi connectivity index (χ4v) is 5.03. The summed E-state index contributed by atoms with van der Waals surface area (Å²) in [7, 11) is 0. The Labute approximate surface area is 244 Å². The Morgan fingerprint density at radius 3 is 1.76 bits per heavy atom. The van der Waals surface area contributed by atoms with Crippen molar-refractivity contribution in [1.29, 1.82) is 0 Å². The normalized spacial score (nSPS) is 11.0. The molecule has 7 aromatic rings. The standard InChI is InChI=1S/C36H27N5O/c1-5-13-27(14-6-1)34-35(28-15-7-2-8-16-28)41(32-19-11-4-12-20-32)36(37-34)29-21-23-33(24-22-29)42-26-30-25-40(39-38-30)31-17-9-3-10-18-31/h1-25H,26H2. The second-order valence-electron chi connectivity index (χ2n) is 9.84. The van der Waals surface area contributed by atoms with E-state index in [9.17, 15) is 0 Å². The molecule has 0 unspecified atom stereocenters. The molecule has 202 valence electrons. The summed E-state index contributed by atoms with van der Waals surface area (Å²) >= 11 is 0. The summed E-state index contributed by atoms with van der Waals surface area (Å²) in [5.74, 6) is 1.61. The van der Waals surface area contributed by atoms with Crippen molar-refractivity contribution in [3.8, 4) is 51.0 Å². The molecule has 0 spiro atoms. The second-order valence-corrected chi connectivity index (χ2v) is 9.84. The van der Waals surface area contributed by atoms with Crippen LogP contribution in [0.3, 0.4) is 0 Å². The summed E-state index contributed by atoms with van der Waals surface area (Å²) in [6.07, 6.45) is 1.89. The van der Waals surface area contributed by atoms with Gasteiger partial charge in [0.15, 0.2) is 0 Å². The average Bonchev–Trinajstić information content (AvgIpc) is 3.72. The number of hydrogen-bond acceptors (Lipinski definition) is 4. The molecular weight excluding hydrogens is 518 g/mol. The number of ether oxygens (including phenoxy) is 1. The highest BCUT2D eigenvalue weighted by atomic mass is 16.5. The smallest absolute Gasteiger partial charge is 0.145 e. The van der Waals surface area contributed by atoms with Crippen molar-refractivity contribution in [2.45, 2.75) is 6.61 Å². The molecular formula is C36H27N5O. The summed E-state index contributed by atoms with van der Waals surface area (Å²) < 4.78 is 10.1. The van der Waals surface area contributed by atoms with Gasteiger partial charge in [-0.25, -0.2) is 9.67 Å². The minimum Gasteiger partial charge on any atom is -0.487 e.